The second-order valence-electron chi connectivity index (χ2n) is 8.48. The zero-order valence-corrected chi connectivity index (χ0v) is 16.5. The third kappa shape index (κ3) is 2.59. The molecule has 0 radical (unpaired) electrons. The molecule has 0 aromatic heterocycles. The number of hydrogen-bond acceptors (Lipinski definition) is 5. The van der Waals surface area contributed by atoms with E-state index in [9.17, 15) is 0 Å². The van der Waals surface area contributed by atoms with Crippen molar-refractivity contribution in [3.05, 3.63) is 41.0 Å². The van der Waals surface area contributed by atoms with Crippen molar-refractivity contribution in [3.63, 3.8) is 0 Å². The molecule has 5 nitrogen and oxygen atoms in total. The number of benzene rings is 1. The van der Waals surface area contributed by atoms with Gasteiger partial charge in [-0.3, -0.25) is 4.90 Å². The Bertz CT molecular complexity index is 783. The Hall–Kier alpha value is -1.72. The normalized spacial score (nSPS) is 33.6. The lowest BCUT2D eigenvalue weighted by Crippen LogP contribution is -2.66. The summed E-state index contributed by atoms with van der Waals surface area (Å²) in [6.45, 7) is 7.91. The summed E-state index contributed by atoms with van der Waals surface area (Å²) in [6.07, 6.45) is 8.62. The molecule has 0 spiro atoms. The van der Waals surface area contributed by atoms with Crippen molar-refractivity contribution < 1.29 is 4.74 Å². The summed E-state index contributed by atoms with van der Waals surface area (Å²) in [5, 5.41) is 11.9. The Morgan fingerprint density at radius 3 is 2.70 bits per heavy atom. The van der Waals surface area contributed by atoms with Gasteiger partial charge in [0, 0.05) is 19.0 Å². The topological polar surface area (TPSA) is 40.4 Å². The van der Waals surface area contributed by atoms with E-state index < -0.39 is 0 Å². The molecule has 0 unspecified atom stereocenters. The highest BCUT2D eigenvalue weighted by Crippen LogP contribution is 2.54. The molecule has 2 heterocycles. The number of rotatable bonds is 3. The van der Waals surface area contributed by atoms with Crippen molar-refractivity contribution in [1.29, 1.82) is 0 Å². The lowest BCUT2D eigenvalue weighted by atomic mass is 9.84. The Morgan fingerprint density at radius 2 is 1.96 bits per heavy atom. The molecule has 0 amide bonds. The Labute approximate surface area is 162 Å². The molecule has 2 aliphatic carbocycles. The van der Waals surface area contributed by atoms with Gasteiger partial charge in [0.2, 0.25) is 0 Å². The van der Waals surface area contributed by atoms with Crippen LogP contribution in [0.5, 0.6) is 0 Å². The van der Waals surface area contributed by atoms with E-state index in [4.69, 9.17) is 15.1 Å². The van der Waals surface area contributed by atoms with Crippen molar-refractivity contribution >= 4 is 5.69 Å². The quantitative estimate of drug-likeness (QED) is 0.744. The van der Waals surface area contributed by atoms with Gasteiger partial charge in [0.15, 0.2) is 0 Å². The molecule has 3 atom stereocenters. The second kappa shape index (κ2) is 6.71. The number of nitrogens with zero attached hydrogens (tertiary/aromatic N) is 4. The van der Waals surface area contributed by atoms with E-state index in [0.29, 0.717) is 5.92 Å². The maximum atomic E-state index is 5.70. The smallest absolute Gasteiger partial charge is 0.148 e. The van der Waals surface area contributed by atoms with Gasteiger partial charge in [-0.15, -0.1) is 0 Å². The Balaban J connectivity index is 1.62. The molecule has 4 aliphatic rings. The highest BCUT2D eigenvalue weighted by Gasteiger charge is 2.62. The number of hydrogen-bond donors (Lipinski definition) is 0. The summed E-state index contributed by atoms with van der Waals surface area (Å²) in [5.41, 5.74) is 5.32. The highest BCUT2D eigenvalue weighted by molar-refractivity contribution is 5.54. The minimum Gasteiger partial charge on any atom is -0.379 e. The lowest BCUT2D eigenvalue weighted by molar-refractivity contribution is -0.0340. The van der Waals surface area contributed by atoms with Gasteiger partial charge >= 0.3 is 0 Å². The van der Waals surface area contributed by atoms with Gasteiger partial charge in [0.25, 0.3) is 0 Å². The van der Waals surface area contributed by atoms with E-state index in [1.807, 2.05) is 0 Å². The van der Waals surface area contributed by atoms with Gasteiger partial charge < -0.3 is 4.74 Å². The standard InChI is InChI=1S/C22H30N4O/c1-16-7-8-19(15-17(16)2)26-22(25-11-13-27-14-12-25)20(18-5-3-4-6-18)9-10-21(22)23-24-26/h5,7-8,15,20-21H,3-4,6,9-14H2,1-2H3/t20-,21+,22+/m0/s1. The number of allylic oxidation sites excluding steroid dienone is 1. The van der Waals surface area contributed by atoms with E-state index in [2.05, 4.69) is 48.0 Å². The number of aryl methyl sites for hydroxylation is 2. The largest absolute Gasteiger partial charge is 0.379 e. The zero-order chi connectivity index (χ0) is 18.4. The van der Waals surface area contributed by atoms with Crippen LogP contribution in [0.2, 0.25) is 0 Å². The summed E-state index contributed by atoms with van der Waals surface area (Å²) in [5.74, 6) is 0.514. The maximum absolute atomic E-state index is 5.70. The van der Waals surface area contributed by atoms with Crippen LogP contribution in [0.3, 0.4) is 0 Å². The van der Waals surface area contributed by atoms with Crippen LogP contribution in [-0.4, -0.2) is 42.9 Å². The number of ether oxygens (including phenoxy) is 1. The van der Waals surface area contributed by atoms with Gasteiger partial charge in [-0.2, -0.15) is 5.11 Å². The first-order valence-corrected chi connectivity index (χ1v) is 10.5. The summed E-state index contributed by atoms with van der Waals surface area (Å²) in [7, 11) is 0. The molecular formula is C22H30N4O. The van der Waals surface area contributed by atoms with Crippen LogP contribution in [0.25, 0.3) is 0 Å². The van der Waals surface area contributed by atoms with Gasteiger partial charge in [-0.25, -0.2) is 5.01 Å². The van der Waals surface area contributed by atoms with Crippen molar-refractivity contribution in [2.75, 3.05) is 31.3 Å². The number of fused-ring (bicyclic) bond motifs is 1. The zero-order valence-electron chi connectivity index (χ0n) is 16.5. The van der Waals surface area contributed by atoms with Crippen LogP contribution in [0.4, 0.5) is 5.69 Å². The average Bonchev–Trinajstić information content (AvgIpc) is 3.40. The van der Waals surface area contributed by atoms with Crippen molar-refractivity contribution in [2.24, 2.45) is 16.3 Å². The number of morpholine rings is 1. The fraction of sp³-hybridized carbons (Fsp3) is 0.636. The van der Waals surface area contributed by atoms with Crippen LogP contribution in [0, 0.1) is 19.8 Å². The third-order valence-corrected chi connectivity index (χ3v) is 7.13. The fourth-order valence-corrected chi connectivity index (χ4v) is 5.67. The highest BCUT2D eigenvalue weighted by atomic mass is 16.5. The molecule has 0 N–H and O–H groups in total. The van der Waals surface area contributed by atoms with Gasteiger partial charge in [-0.05, 0) is 69.2 Å². The van der Waals surface area contributed by atoms with Crippen molar-refractivity contribution in [1.82, 2.24) is 4.90 Å². The van der Waals surface area contributed by atoms with E-state index in [1.54, 1.807) is 5.57 Å². The minimum absolute atomic E-state index is 0.151. The summed E-state index contributed by atoms with van der Waals surface area (Å²) in [6, 6.07) is 6.99. The monoisotopic (exact) mass is 366 g/mol. The molecule has 2 aliphatic heterocycles. The van der Waals surface area contributed by atoms with Crippen LogP contribution >= 0.6 is 0 Å². The van der Waals surface area contributed by atoms with Crippen molar-refractivity contribution in [2.45, 2.75) is 57.7 Å². The molecule has 5 heteroatoms. The first-order chi connectivity index (χ1) is 13.2. The molecule has 2 fully saturated rings. The first-order valence-electron chi connectivity index (χ1n) is 10.5. The Morgan fingerprint density at radius 1 is 1.11 bits per heavy atom. The SMILES string of the molecule is Cc1ccc(N2N=N[C@@H]3CC[C@@H](C4=CCCC4)[C@]32N2CCOCC2)cc1C. The lowest BCUT2D eigenvalue weighted by Gasteiger charge is -2.50. The first kappa shape index (κ1) is 17.4. The van der Waals surface area contributed by atoms with Crippen LogP contribution < -0.4 is 5.01 Å². The van der Waals surface area contributed by atoms with E-state index in [1.165, 1.54) is 42.5 Å². The number of anilines is 1. The van der Waals surface area contributed by atoms with Crippen LogP contribution in [0.15, 0.2) is 40.2 Å². The average molecular weight is 367 g/mol. The predicted molar refractivity (Wildman–Crippen MR) is 107 cm³/mol. The molecule has 144 valence electrons. The molecule has 1 saturated heterocycles. The summed E-state index contributed by atoms with van der Waals surface area (Å²) >= 11 is 0. The minimum atomic E-state index is -0.151. The fourth-order valence-electron chi connectivity index (χ4n) is 5.67. The molecule has 27 heavy (non-hydrogen) atoms. The second-order valence-corrected chi connectivity index (χ2v) is 8.48. The van der Waals surface area contributed by atoms with Gasteiger partial charge in [0.1, 0.15) is 11.7 Å². The molecule has 1 aromatic carbocycles. The van der Waals surface area contributed by atoms with Gasteiger partial charge in [-0.1, -0.05) is 22.9 Å². The van der Waals surface area contributed by atoms with Crippen molar-refractivity contribution in [3.8, 4) is 0 Å². The van der Waals surface area contributed by atoms with Gasteiger partial charge in [0.05, 0.1) is 18.9 Å². The molecule has 0 bridgehead atoms. The van der Waals surface area contributed by atoms with Crippen LogP contribution in [-0.2, 0) is 4.74 Å². The molecule has 5 rings (SSSR count). The summed E-state index contributed by atoms with van der Waals surface area (Å²) in [4.78, 5) is 2.65. The van der Waals surface area contributed by atoms with E-state index >= 15 is 0 Å². The van der Waals surface area contributed by atoms with Crippen LogP contribution in [0.1, 0.15) is 43.2 Å². The maximum Gasteiger partial charge on any atom is 0.148 e. The Kier molecular flexibility index (Phi) is 4.32. The predicted octanol–water partition coefficient (Wildman–Crippen LogP) is 4.41. The third-order valence-electron chi connectivity index (χ3n) is 7.13. The van der Waals surface area contributed by atoms with E-state index in [0.717, 1.165) is 32.7 Å². The van der Waals surface area contributed by atoms with E-state index in [-0.39, 0.29) is 11.7 Å². The summed E-state index contributed by atoms with van der Waals surface area (Å²) < 4.78 is 5.70. The molecule has 1 saturated carbocycles. The molecule has 1 aromatic rings. The molecular weight excluding hydrogens is 336 g/mol.